The lowest BCUT2D eigenvalue weighted by atomic mass is 9.89. The van der Waals surface area contributed by atoms with Crippen molar-refractivity contribution < 1.29 is 14.0 Å². The number of amides is 2. The number of hydrogen-bond donors (Lipinski definition) is 2. The van der Waals surface area contributed by atoms with Crippen LogP contribution in [0.4, 0.5) is 0 Å². The zero-order valence-corrected chi connectivity index (χ0v) is 15.9. The average Bonchev–Trinajstić information content (AvgIpc) is 3.44. The number of nitrogens with zero attached hydrogens (tertiary/aromatic N) is 2. The number of aromatic amines is 1. The highest BCUT2D eigenvalue weighted by Gasteiger charge is 2.29. The third-order valence-electron chi connectivity index (χ3n) is 5.70. The van der Waals surface area contributed by atoms with E-state index in [0.29, 0.717) is 29.8 Å². The van der Waals surface area contributed by atoms with Gasteiger partial charge in [0.05, 0.1) is 12.8 Å². The van der Waals surface area contributed by atoms with Gasteiger partial charge in [-0.1, -0.05) is 12.2 Å². The summed E-state index contributed by atoms with van der Waals surface area (Å²) >= 11 is 0. The quantitative estimate of drug-likeness (QED) is 0.778. The van der Waals surface area contributed by atoms with Crippen molar-refractivity contribution >= 4 is 11.8 Å². The molecule has 2 aliphatic rings. The molecule has 2 N–H and O–H groups in total. The Morgan fingerprint density at radius 1 is 1.25 bits per heavy atom. The maximum Gasteiger partial charge on any atom is 0.272 e. The Kier molecular flexibility index (Phi) is 5.60. The summed E-state index contributed by atoms with van der Waals surface area (Å²) in [7, 11) is 0. The number of furan rings is 1. The SMILES string of the molecule is O=C(NCc1ccco1)c1cc(C2CCN(C(=O)C3CC=CCC3)CC2)[nH]n1. The minimum atomic E-state index is -0.225. The zero-order chi connectivity index (χ0) is 19.3. The van der Waals surface area contributed by atoms with Crippen LogP contribution >= 0.6 is 0 Å². The molecule has 28 heavy (non-hydrogen) atoms. The number of hydrogen-bond acceptors (Lipinski definition) is 4. The molecule has 0 radical (unpaired) electrons. The van der Waals surface area contributed by atoms with Gasteiger partial charge in [-0.3, -0.25) is 14.7 Å². The Balaban J connectivity index is 1.28. The number of aromatic nitrogens is 2. The summed E-state index contributed by atoms with van der Waals surface area (Å²) in [6.07, 6.45) is 10.5. The summed E-state index contributed by atoms with van der Waals surface area (Å²) < 4.78 is 5.21. The van der Waals surface area contributed by atoms with Gasteiger partial charge in [0.15, 0.2) is 0 Å². The van der Waals surface area contributed by atoms with Gasteiger partial charge >= 0.3 is 0 Å². The molecule has 148 valence electrons. The van der Waals surface area contributed by atoms with Crippen LogP contribution in [-0.2, 0) is 11.3 Å². The molecule has 1 aliphatic heterocycles. The minimum absolute atomic E-state index is 0.151. The molecule has 1 unspecified atom stereocenters. The Bertz CT molecular complexity index is 832. The van der Waals surface area contributed by atoms with Crippen molar-refractivity contribution in [2.24, 2.45) is 5.92 Å². The zero-order valence-electron chi connectivity index (χ0n) is 15.9. The molecule has 4 rings (SSSR count). The summed E-state index contributed by atoms with van der Waals surface area (Å²) in [5.74, 6) is 1.23. The van der Waals surface area contributed by atoms with Gasteiger partial charge in [-0.2, -0.15) is 5.10 Å². The minimum Gasteiger partial charge on any atom is -0.467 e. The summed E-state index contributed by atoms with van der Waals surface area (Å²) in [5, 5.41) is 9.98. The molecule has 1 atom stereocenters. The molecule has 7 heteroatoms. The maximum absolute atomic E-state index is 12.7. The first kappa shape index (κ1) is 18.5. The van der Waals surface area contributed by atoms with E-state index in [2.05, 4.69) is 27.7 Å². The molecule has 0 aromatic carbocycles. The molecule has 2 amide bonds. The molecule has 1 aliphatic carbocycles. The van der Waals surface area contributed by atoms with E-state index in [1.807, 2.05) is 17.0 Å². The van der Waals surface area contributed by atoms with Crippen molar-refractivity contribution in [2.75, 3.05) is 13.1 Å². The van der Waals surface area contributed by atoms with Gasteiger partial charge in [-0.05, 0) is 50.3 Å². The molecule has 1 fully saturated rings. The maximum atomic E-state index is 12.7. The molecule has 2 aromatic heterocycles. The first-order valence-corrected chi connectivity index (χ1v) is 10.0. The Morgan fingerprint density at radius 2 is 2.11 bits per heavy atom. The molecule has 0 bridgehead atoms. The number of H-pyrrole nitrogens is 1. The number of allylic oxidation sites excluding steroid dienone is 2. The molecule has 3 heterocycles. The van der Waals surface area contributed by atoms with Gasteiger partial charge in [-0.15, -0.1) is 0 Å². The topological polar surface area (TPSA) is 91.2 Å². The predicted molar refractivity (Wildman–Crippen MR) is 104 cm³/mol. The number of likely N-dealkylation sites (tertiary alicyclic amines) is 1. The highest BCUT2D eigenvalue weighted by atomic mass is 16.3. The van der Waals surface area contributed by atoms with E-state index in [1.54, 1.807) is 12.3 Å². The fourth-order valence-electron chi connectivity index (χ4n) is 4.02. The molecule has 2 aromatic rings. The Hall–Kier alpha value is -2.83. The number of carbonyl (C=O) groups excluding carboxylic acids is 2. The lowest BCUT2D eigenvalue weighted by Crippen LogP contribution is -2.41. The molecule has 1 saturated heterocycles. The van der Waals surface area contributed by atoms with Crippen LogP contribution in [0.1, 0.15) is 60.0 Å². The second-order valence-corrected chi connectivity index (χ2v) is 7.55. The van der Waals surface area contributed by atoms with E-state index >= 15 is 0 Å². The van der Waals surface area contributed by atoms with Crippen LogP contribution in [0.5, 0.6) is 0 Å². The van der Waals surface area contributed by atoms with Gasteiger partial charge in [0.1, 0.15) is 11.5 Å². The van der Waals surface area contributed by atoms with Crippen LogP contribution in [0.15, 0.2) is 41.0 Å². The highest BCUT2D eigenvalue weighted by molar-refractivity contribution is 5.92. The van der Waals surface area contributed by atoms with Crippen molar-refractivity contribution in [3.05, 3.63) is 53.8 Å². The van der Waals surface area contributed by atoms with Crippen LogP contribution in [0.25, 0.3) is 0 Å². The van der Waals surface area contributed by atoms with Gasteiger partial charge in [0.2, 0.25) is 5.91 Å². The highest BCUT2D eigenvalue weighted by Crippen LogP contribution is 2.29. The second-order valence-electron chi connectivity index (χ2n) is 7.55. The van der Waals surface area contributed by atoms with E-state index in [4.69, 9.17) is 4.42 Å². The fraction of sp³-hybridized carbons (Fsp3) is 0.476. The molecule has 7 nitrogen and oxygen atoms in total. The number of carbonyl (C=O) groups is 2. The number of rotatable bonds is 5. The Labute approximate surface area is 164 Å². The fourth-order valence-corrected chi connectivity index (χ4v) is 4.02. The van der Waals surface area contributed by atoms with Crippen molar-refractivity contribution in [3.8, 4) is 0 Å². The monoisotopic (exact) mass is 382 g/mol. The van der Waals surface area contributed by atoms with Crippen LogP contribution in [0, 0.1) is 5.92 Å². The van der Waals surface area contributed by atoms with E-state index < -0.39 is 0 Å². The van der Waals surface area contributed by atoms with Gasteiger partial charge in [0, 0.05) is 30.6 Å². The van der Waals surface area contributed by atoms with Crippen molar-refractivity contribution in [3.63, 3.8) is 0 Å². The van der Waals surface area contributed by atoms with Crippen LogP contribution < -0.4 is 5.32 Å². The second kappa shape index (κ2) is 8.46. The summed E-state index contributed by atoms with van der Waals surface area (Å²) in [4.78, 5) is 26.9. The predicted octanol–water partition coefficient (Wildman–Crippen LogP) is 3.00. The van der Waals surface area contributed by atoms with Crippen LogP contribution in [0.3, 0.4) is 0 Å². The van der Waals surface area contributed by atoms with Crippen LogP contribution in [0.2, 0.25) is 0 Å². The van der Waals surface area contributed by atoms with E-state index in [0.717, 1.165) is 50.9 Å². The van der Waals surface area contributed by atoms with E-state index in [9.17, 15) is 9.59 Å². The Morgan fingerprint density at radius 3 is 2.82 bits per heavy atom. The normalized spacial score (nSPS) is 20.3. The van der Waals surface area contributed by atoms with Crippen molar-refractivity contribution in [2.45, 2.75) is 44.6 Å². The third kappa shape index (κ3) is 4.18. The number of nitrogens with one attached hydrogen (secondary N) is 2. The smallest absolute Gasteiger partial charge is 0.272 e. The molecular formula is C21H26N4O3. The van der Waals surface area contributed by atoms with Crippen LogP contribution in [-0.4, -0.2) is 40.0 Å². The summed E-state index contributed by atoms with van der Waals surface area (Å²) in [6.45, 7) is 1.87. The standard InChI is InChI=1S/C21H26N4O3/c26-20(22-14-17-7-4-12-28-17)19-13-18(23-24-19)15-8-10-25(11-9-15)21(27)16-5-2-1-3-6-16/h1-2,4,7,12-13,15-16H,3,5-6,8-11,14H2,(H,22,26)(H,23,24). The number of piperidine rings is 1. The molecule has 0 saturated carbocycles. The van der Waals surface area contributed by atoms with Crippen molar-refractivity contribution in [1.82, 2.24) is 20.4 Å². The lowest BCUT2D eigenvalue weighted by Gasteiger charge is -2.34. The van der Waals surface area contributed by atoms with Gasteiger partial charge in [0.25, 0.3) is 5.91 Å². The van der Waals surface area contributed by atoms with Gasteiger partial charge < -0.3 is 14.6 Å². The summed E-state index contributed by atoms with van der Waals surface area (Å²) in [5.41, 5.74) is 1.35. The van der Waals surface area contributed by atoms with E-state index in [1.165, 1.54) is 0 Å². The largest absolute Gasteiger partial charge is 0.467 e. The molecular weight excluding hydrogens is 356 g/mol. The van der Waals surface area contributed by atoms with E-state index in [-0.39, 0.29) is 11.8 Å². The first-order chi connectivity index (χ1) is 13.7. The van der Waals surface area contributed by atoms with Crippen molar-refractivity contribution in [1.29, 1.82) is 0 Å². The average molecular weight is 382 g/mol. The van der Waals surface area contributed by atoms with Gasteiger partial charge in [-0.25, -0.2) is 0 Å². The third-order valence-corrected chi connectivity index (χ3v) is 5.70. The molecule has 0 spiro atoms. The first-order valence-electron chi connectivity index (χ1n) is 10.0. The summed E-state index contributed by atoms with van der Waals surface area (Å²) in [6, 6.07) is 5.43. The lowest BCUT2D eigenvalue weighted by molar-refractivity contribution is -0.136.